The Morgan fingerprint density at radius 2 is 1.89 bits per heavy atom. The molecule has 4 aromatic rings. The molecule has 1 aliphatic rings. The van der Waals surface area contributed by atoms with E-state index in [1.54, 1.807) is 19.3 Å². The molecule has 2 amide bonds. The molecule has 0 aliphatic carbocycles. The van der Waals surface area contributed by atoms with E-state index in [0.29, 0.717) is 30.9 Å². The van der Waals surface area contributed by atoms with Gasteiger partial charge in [-0.05, 0) is 48.0 Å². The minimum Gasteiger partial charge on any atom is -0.390 e. The van der Waals surface area contributed by atoms with Crippen LogP contribution in [0.25, 0.3) is 10.9 Å². The van der Waals surface area contributed by atoms with Crippen LogP contribution < -0.4 is 15.5 Å². The number of aryl methyl sites for hydroxylation is 1. The number of aliphatic hydroxyl groups is 1. The topological polar surface area (TPSA) is 103 Å². The van der Waals surface area contributed by atoms with Crippen LogP contribution in [0.3, 0.4) is 0 Å². The summed E-state index contributed by atoms with van der Waals surface area (Å²) in [4.78, 5) is 30.5. The Hall–Kier alpha value is -4.21. The predicted octanol–water partition coefficient (Wildman–Crippen LogP) is 3.13. The number of β-amino-alcohol motifs (C(OH)–C–C–N with tert-alkyl or cyclic N) is 1. The molecule has 3 heterocycles. The smallest absolute Gasteiger partial charge is 0.256 e. The van der Waals surface area contributed by atoms with Gasteiger partial charge < -0.3 is 25.2 Å². The summed E-state index contributed by atoms with van der Waals surface area (Å²) in [5, 5.41) is 15.8. The summed E-state index contributed by atoms with van der Waals surface area (Å²) in [6, 6.07) is 19.8. The molecule has 9 nitrogen and oxygen atoms in total. The van der Waals surface area contributed by atoms with E-state index in [0.717, 1.165) is 23.5 Å². The fourth-order valence-corrected chi connectivity index (χ4v) is 4.25. The molecule has 0 atom stereocenters. The number of carbonyl (C=O) groups is 2. The number of likely N-dealkylation sites (tertiary alicyclic amines) is 1. The normalized spacial score (nSPS) is 13.3. The average Bonchev–Trinajstić information content (AvgIpc) is 3.27. The third-order valence-corrected chi connectivity index (χ3v) is 6.28. The van der Waals surface area contributed by atoms with E-state index < -0.39 is 0 Å². The number of pyridine rings is 1. The molecule has 5 rings (SSSR count). The summed E-state index contributed by atoms with van der Waals surface area (Å²) in [5.74, 6) is 0.305. The zero-order valence-electron chi connectivity index (χ0n) is 21.3. The van der Waals surface area contributed by atoms with Crippen LogP contribution >= 0.6 is 0 Å². The monoisotopic (exact) mass is 500 g/mol. The van der Waals surface area contributed by atoms with E-state index in [-0.39, 0.29) is 12.0 Å². The molecule has 0 radical (unpaired) electrons. The fraction of sp³-hybridized carbons (Fsp3) is 0.250. The van der Waals surface area contributed by atoms with Crippen molar-refractivity contribution in [3.05, 3.63) is 84.2 Å². The molecule has 0 spiro atoms. The van der Waals surface area contributed by atoms with Gasteiger partial charge in [0.1, 0.15) is 5.82 Å². The quantitative estimate of drug-likeness (QED) is 0.337. The van der Waals surface area contributed by atoms with Gasteiger partial charge in [0.05, 0.1) is 6.10 Å². The number of nitrogens with zero attached hydrogens (tertiary/aromatic N) is 4. The maximum Gasteiger partial charge on any atom is 0.256 e. The molecule has 2 aromatic carbocycles. The fourth-order valence-electron chi connectivity index (χ4n) is 4.25. The highest BCUT2D eigenvalue weighted by Crippen LogP contribution is 2.28. The lowest BCUT2D eigenvalue weighted by atomic mass is 10.1. The highest BCUT2D eigenvalue weighted by Gasteiger charge is 2.24. The molecule has 1 fully saturated rings. The summed E-state index contributed by atoms with van der Waals surface area (Å²) < 4.78 is 2.10. The third-order valence-electron chi connectivity index (χ3n) is 6.28. The van der Waals surface area contributed by atoms with Crippen molar-refractivity contribution in [1.82, 2.24) is 19.8 Å². The van der Waals surface area contributed by atoms with Crippen molar-refractivity contribution in [3.63, 3.8) is 0 Å². The second-order valence-electron chi connectivity index (χ2n) is 9.04. The van der Waals surface area contributed by atoms with Crippen LogP contribution in [-0.4, -0.2) is 65.2 Å². The van der Waals surface area contributed by atoms with Gasteiger partial charge in [0.15, 0.2) is 0 Å². The van der Waals surface area contributed by atoms with E-state index in [9.17, 15) is 9.90 Å². The first-order valence-corrected chi connectivity index (χ1v) is 12.0. The first kappa shape index (κ1) is 25.9. The molecule has 0 bridgehead atoms. The van der Waals surface area contributed by atoms with Gasteiger partial charge in [-0.3, -0.25) is 14.5 Å². The van der Waals surface area contributed by atoms with E-state index in [1.165, 1.54) is 10.9 Å². The summed E-state index contributed by atoms with van der Waals surface area (Å²) in [5.41, 5.74) is 4.81. The van der Waals surface area contributed by atoms with E-state index >= 15 is 0 Å². The lowest BCUT2D eigenvalue weighted by Crippen LogP contribution is -2.49. The Balaban J connectivity index is 0.000000747. The van der Waals surface area contributed by atoms with E-state index in [2.05, 4.69) is 60.4 Å². The lowest BCUT2D eigenvalue weighted by molar-refractivity contribution is -0.109. The summed E-state index contributed by atoms with van der Waals surface area (Å²) in [7, 11) is 5.60. The number of aliphatic hydroxyl groups excluding tert-OH is 1. The molecular formula is C28H32N6O3. The van der Waals surface area contributed by atoms with Gasteiger partial charge in [-0.25, -0.2) is 4.98 Å². The number of hydrogen-bond acceptors (Lipinski definition) is 6. The summed E-state index contributed by atoms with van der Waals surface area (Å²) in [6.45, 7) is 2.08. The number of amides is 2. The van der Waals surface area contributed by atoms with Crippen LogP contribution in [0.15, 0.2) is 73.1 Å². The Labute approximate surface area is 216 Å². The molecule has 1 aliphatic heterocycles. The molecule has 37 heavy (non-hydrogen) atoms. The zero-order chi connectivity index (χ0) is 26.4. The SMILES string of the molecule is CN(c1ccnc(NC(=O)c2cccc(CN3CC(O)C3)c2)c1)c1ccc2c(ccn2C)c1.CNC=O. The molecule has 1 saturated heterocycles. The number of rotatable bonds is 7. The Kier molecular flexibility index (Phi) is 8.17. The van der Waals surface area contributed by atoms with Crippen molar-refractivity contribution in [2.24, 2.45) is 7.05 Å². The van der Waals surface area contributed by atoms with Crippen molar-refractivity contribution >= 4 is 40.4 Å². The van der Waals surface area contributed by atoms with Crippen LogP contribution in [0, 0.1) is 0 Å². The van der Waals surface area contributed by atoms with Gasteiger partial charge in [0.25, 0.3) is 5.91 Å². The zero-order valence-corrected chi connectivity index (χ0v) is 21.3. The second kappa shape index (κ2) is 11.7. The maximum atomic E-state index is 12.9. The highest BCUT2D eigenvalue weighted by atomic mass is 16.3. The van der Waals surface area contributed by atoms with Crippen molar-refractivity contribution in [2.75, 3.05) is 37.4 Å². The Morgan fingerprint density at radius 3 is 2.62 bits per heavy atom. The van der Waals surface area contributed by atoms with Crippen LogP contribution in [-0.2, 0) is 18.4 Å². The second-order valence-corrected chi connectivity index (χ2v) is 9.04. The Morgan fingerprint density at radius 1 is 1.14 bits per heavy atom. The van der Waals surface area contributed by atoms with E-state index in [1.807, 2.05) is 44.4 Å². The minimum absolute atomic E-state index is 0.196. The molecule has 0 saturated carbocycles. The predicted molar refractivity (Wildman–Crippen MR) is 146 cm³/mol. The van der Waals surface area contributed by atoms with Gasteiger partial charge in [0, 0.05) is 87.1 Å². The largest absolute Gasteiger partial charge is 0.390 e. The number of hydrogen-bond donors (Lipinski definition) is 3. The number of carbonyl (C=O) groups excluding carboxylic acids is 2. The van der Waals surface area contributed by atoms with Crippen molar-refractivity contribution in [2.45, 2.75) is 12.6 Å². The molecule has 2 aromatic heterocycles. The average molecular weight is 501 g/mol. The third kappa shape index (κ3) is 6.32. The molecule has 9 heteroatoms. The highest BCUT2D eigenvalue weighted by molar-refractivity contribution is 6.04. The van der Waals surface area contributed by atoms with Gasteiger partial charge in [-0.15, -0.1) is 0 Å². The number of aromatic nitrogens is 2. The van der Waals surface area contributed by atoms with Gasteiger partial charge >= 0.3 is 0 Å². The number of anilines is 3. The van der Waals surface area contributed by atoms with E-state index in [4.69, 9.17) is 4.79 Å². The van der Waals surface area contributed by atoms with Gasteiger partial charge in [0.2, 0.25) is 6.41 Å². The van der Waals surface area contributed by atoms with Crippen LogP contribution in [0.5, 0.6) is 0 Å². The van der Waals surface area contributed by atoms with Gasteiger partial charge in [-0.1, -0.05) is 12.1 Å². The minimum atomic E-state index is -0.234. The standard InChI is InChI=1S/C26H27N5O2.C2H5NO/c1-29-11-9-19-13-21(6-7-24(19)29)30(2)22-8-10-27-25(14-22)28-26(33)20-5-3-4-18(12-20)15-31-16-23(32)17-31;1-3-2-4/h3-14,23,32H,15-17H2,1-2H3,(H,27,28,33);2H,1H3,(H,3,4). The molecule has 0 unspecified atom stereocenters. The summed E-state index contributed by atoms with van der Waals surface area (Å²) >= 11 is 0. The molecule has 192 valence electrons. The lowest BCUT2D eigenvalue weighted by Gasteiger charge is -2.35. The van der Waals surface area contributed by atoms with Crippen LogP contribution in [0.2, 0.25) is 0 Å². The Bertz CT molecular complexity index is 1380. The number of benzene rings is 2. The summed E-state index contributed by atoms with van der Waals surface area (Å²) in [6.07, 6.45) is 4.15. The molecular weight excluding hydrogens is 468 g/mol. The first-order chi connectivity index (χ1) is 17.9. The van der Waals surface area contributed by atoms with Crippen LogP contribution in [0.4, 0.5) is 17.2 Å². The van der Waals surface area contributed by atoms with Gasteiger partial charge in [-0.2, -0.15) is 0 Å². The first-order valence-electron chi connectivity index (χ1n) is 12.0. The van der Waals surface area contributed by atoms with Crippen molar-refractivity contribution < 1.29 is 14.7 Å². The maximum absolute atomic E-state index is 12.9. The number of fused-ring (bicyclic) bond motifs is 1. The van der Waals surface area contributed by atoms with Crippen LogP contribution in [0.1, 0.15) is 15.9 Å². The van der Waals surface area contributed by atoms with Crippen molar-refractivity contribution in [3.8, 4) is 0 Å². The number of nitrogens with one attached hydrogen (secondary N) is 2. The molecule has 3 N–H and O–H groups in total. The van der Waals surface area contributed by atoms with Crippen molar-refractivity contribution in [1.29, 1.82) is 0 Å².